The van der Waals surface area contributed by atoms with E-state index in [0.29, 0.717) is 16.9 Å². The number of ether oxygens (including phenoxy) is 2. The number of nitrogens with two attached hydrogens (primary N) is 1. The zero-order valence-corrected chi connectivity index (χ0v) is 14.5. The number of para-hydroxylation sites is 1. The van der Waals surface area contributed by atoms with Gasteiger partial charge < -0.3 is 25.4 Å². The molecule has 4 rings (SSSR count). The van der Waals surface area contributed by atoms with Crippen LogP contribution in [0.25, 0.3) is 11.2 Å². The second-order valence-corrected chi connectivity index (χ2v) is 6.22. The van der Waals surface area contributed by atoms with Gasteiger partial charge in [-0.25, -0.2) is 19.7 Å². The zero-order chi connectivity index (χ0) is 19.7. The Morgan fingerprint density at radius 3 is 2.79 bits per heavy atom. The summed E-state index contributed by atoms with van der Waals surface area (Å²) in [5.41, 5.74) is 7.04. The predicted molar refractivity (Wildman–Crippen MR) is 97.1 cm³/mol. The van der Waals surface area contributed by atoms with Crippen molar-refractivity contribution in [2.45, 2.75) is 24.5 Å². The number of anilines is 2. The number of imidazole rings is 1. The van der Waals surface area contributed by atoms with Gasteiger partial charge in [0.2, 0.25) is 0 Å². The molecule has 11 heteroatoms. The Morgan fingerprint density at radius 1 is 1.21 bits per heavy atom. The highest BCUT2D eigenvalue weighted by atomic mass is 16.6. The first-order chi connectivity index (χ1) is 13.5. The van der Waals surface area contributed by atoms with E-state index in [4.69, 9.17) is 15.2 Å². The van der Waals surface area contributed by atoms with Gasteiger partial charge in [0, 0.05) is 5.69 Å². The standard InChI is InChI=1S/C17H18N6O5/c18-14-11-15(20-7-19-14)23(8-21-11)16-13(25)12(24)10(28-16)6-27-17(26)22-9-4-2-1-3-5-9/h1-5,7-8,10,12-13,16,24-25H,6H2,(H,22,26)(H2,18,19,20)/t10-,12-,13-,16-/m1/s1. The number of hydrogen-bond donors (Lipinski definition) is 4. The lowest BCUT2D eigenvalue weighted by molar-refractivity contribution is -0.0522. The van der Waals surface area contributed by atoms with Gasteiger partial charge in [0.25, 0.3) is 0 Å². The summed E-state index contributed by atoms with van der Waals surface area (Å²) < 4.78 is 12.2. The number of nitrogens with one attached hydrogen (secondary N) is 1. The van der Waals surface area contributed by atoms with Gasteiger partial charge in [0.15, 0.2) is 17.7 Å². The smallest absolute Gasteiger partial charge is 0.411 e. The quantitative estimate of drug-likeness (QED) is 0.494. The molecule has 5 N–H and O–H groups in total. The number of benzene rings is 1. The molecule has 0 unspecified atom stereocenters. The number of rotatable bonds is 4. The van der Waals surface area contributed by atoms with Crippen molar-refractivity contribution in [1.82, 2.24) is 19.5 Å². The van der Waals surface area contributed by atoms with E-state index < -0.39 is 30.6 Å². The molecule has 1 amide bonds. The normalized spacial score (nSPS) is 24.4. The van der Waals surface area contributed by atoms with Crippen LogP contribution >= 0.6 is 0 Å². The Hall–Kier alpha value is -3.28. The summed E-state index contributed by atoms with van der Waals surface area (Å²) in [5, 5.41) is 23.2. The van der Waals surface area contributed by atoms with E-state index in [2.05, 4.69) is 20.3 Å². The third-order valence-electron chi connectivity index (χ3n) is 4.40. The van der Waals surface area contributed by atoms with Crippen LogP contribution < -0.4 is 11.1 Å². The molecule has 0 radical (unpaired) electrons. The second kappa shape index (κ2) is 7.38. The molecule has 0 spiro atoms. The zero-order valence-electron chi connectivity index (χ0n) is 14.5. The first-order valence-electron chi connectivity index (χ1n) is 8.48. The van der Waals surface area contributed by atoms with Crippen LogP contribution in [0, 0.1) is 0 Å². The fourth-order valence-electron chi connectivity index (χ4n) is 2.99. The van der Waals surface area contributed by atoms with Crippen LogP contribution in [0.2, 0.25) is 0 Å². The summed E-state index contributed by atoms with van der Waals surface area (Å²) in [4.78, 5) is 24.0. The Labute approximate surface area is 158 Å². The number of fused-ring (bicyclic) bond motifs is 1. The fourth-order valence-corrected chi connectivity index (χ4v) is 2.99. The molecule has 1 saturated heterocycles. The van der Waals surface area contributed by atoms with Crippen LogP contribution in [0.5, 0.6) is 0 Å². The van der Waals surface area contributed by atoms with Crippen molar-refractivity contribution in [1.29, 1.82) is 0 Å². The van der Waals surface area contributed by atoms with Crippen molar-refractivity contribution in [3.05, 3.63) is 43.0 Å². The number of nitrogens with zero attached hydrogens (tertiary/aromatic N) is 4. The molecule has 28 heavy (non-hydrogen) atoms. The summed E-state index contributed by atoms with van der Waals surface area (Å²) in [6.07, 6.45) is -2.50. The monoisotopic (exact) mass is 386 g/mol. The number of hydrogen-bond acceptors (Lipinski definition) is 9. The molecule has 146 valence electrons. The van der Waals surface area contributed by atoms with Gasteiger partial charge in [0.1, 0.15) is 36.8 Å². The Kier molecular flexibility index (Phi) is 4.77. The van der Waals surface area contributed by atoms with Crippen molar-refractivity contribution in [2.75, 3.05) is 17.7 Å². The summed E-state index contributed by atoms with van der Waals surface area (Å²) in [6.45, 7) is -0.253. The lowest BCUT2D eigenvalue weighted by Gasteiger charge is -2.16. The molecule has 1 fully saturated rings. The summed E-state index contributed by atoms with van der Waals surface area (Å²) in [5.74, 6) is 0.189. The van der Waals surface area contributed by atoms with Crippen molar-refractivity contribution in [3.8, 4) is 0 Å². The van der Waals surface area contributed by atoms with Crippen LogP contribution in [-0.4, -0.2) is 60.7 Å². The van der Waals surface area contributed by atoms with Crippen LogP contribution in [0.4, 0.5) is 16.3 Å². The lowest BCUT2D eigenvalue weighted by Crippen LogP contribution is -2.34. The van der Waals surface area contributed by atoms with Crippen LogP contribution in [0.15, 0.2) is 43.0 Å². The molecule has 1 aliphatic rings. The van der Waals surface area contributed by atoms with Gasteiger partial charge in [-0.15, -0.1) is 0 Å². The Balaban J connectivity index is 1.43. The largest absolute Gasteiger partial charge is 0.446 e. The molecule has 0 saturated carbocycles. The van der Waals surface area contributed by atoms with Gasteiger partial charge >= 0.3 is 6.09 Å². The summed E-state index contributed by atoms with van der Waals surface area (Å²) in [7, 11) is 0. The first-order valence-corrected chi connectivity index (χ1v) is 8.48. The number of carbonyl (C=O) groups is 1. The van der Waals surface area contributed by atoms with E-state index in [1.54, 1.807) is 24.3 Å². The van der Waals surface area contributed by atoms with Crippen molar-refractivity contribution in [2.24, 2.45) is 0 Å². The van der Waals surface area contributed by atoms with Crippen molar-refractivity contribution >= 4 is 28.8 Å². The lowest BCUT2D eigenvalue weighted by atomic mass is 10.1. The number of carbonyl (C=O) groups excluding carboxylic acids is 1. The van der Waals surface area contributed by atoms with Gasteiger partial charge in [-0.05, 0) is 12.1 Å². The van der Waals surface area contributed by atoms with Crippen molar-refractivity contribution < 1.29 is 24.5 Å². The van der Waals surface area contributed by atoms with Gasteiger partial charge in [-0.2, -0.15) is 0 Å². The molecule has 1 aromatic carbocycles. The molecule has 1 aliphatic heterocycles. The van der Waals surface area contributed by atoms with Crippen LogP contribution in [-0.2, 0) is 9.47 Å². The second-order valence-electron chi connectivity index (χ2n) is 6.22. The minimum absolute atomic E-state index is 0.189. The number of nitrogen functional groups attached to an aromatic ring is 1. The van der Waals surface area contributed by atoms with Crippen LogP contribution in [0.3, 0.4) is 0 Å². The Morgan fingerprint density at radius 2 is 2.00 bits per heavy atom. The maximum atomic E-state index is 11.9. The molecule has 0 bridgehead atoms. The Bertz CT molecular complexity index is 981. The molecule has 3 heterocycles. The maximum absolute atomic E-state index is 11.9. The number of aliphatic hydroxyl groups is 2. The van der Waals surface area contributed by atoms with Gasteiger partial charge in [0.05, 0.1) is 6.33 Å². The molecule has 3 aromatic rings. The minimum atomic E-state index is -1.28. The SMILES string of the molecule is Nc1ncnc2c1ncn2[C@@H]1O[C@H](COC(=O)Nc2ccccc2)[C@@H](O)[C@H]1O. The number of aliphatic hydroxyl groups excluding tert-OH is 2. The molecule has 11 nitrogen and oxygen atoms in total. The predicted octanol–water partition coefficient (Wildman–Crippen LogP) is 0.276. The van der Waals surface area contributed by atoms with E-state index in [1.807, 2.05) is 6.07 Å². The van der Waals surface area contributed by atoms with Crippen molar-refractivity contribution in [3.63, 3.8) is 0 Å². The topological polar surface area (TPSA) is 158 Å². The molecule has 2 aromatic heterocycles. The highest BCUT2D eigenvalue weighted by Gasteiger charge is 2.45. The summed E-state index contributed by atoms with van der Waals surface area (Å²) >= 11 is 0. The third kappa shape index (κ3) is 3.33. The number of aromatic nitrogens is 4. The molecular formula is C17H18N6O5. The average molecular weight is 386 g/mol. The first kappa shape index (κ1) is 18.1. The van der Waals surface area contributed by atoms with E-state index in [0.717, 1.165) is 0 Å². The van der Waals surface area contributed by atoms with Crippen LogP contribution in [0.1, 0.15) is 6.23 Å². The number of amides is 1. The minimum Gasteiger partial charge on any atom is -0.446 e. The van der Waals surface area contributed by atoms with E-state index in [1.165, 1.54) is 17.2 Å². The van der Waals surface area contributed by atoms with Gasteiger partial charge in [-0.3, -0.25) is 9.88 Å². The molecular weight excluding hydrogens is 368 g/mol. The van der Waals surface area contributed by atoms with Gasteiger partial charge in [-0.1, -0.05) is 18.2 Å². The highest BCUT2D eigenvalue weighted by Crippen LogP contribution is 2.32. The third-order valence-corrected chi connectivity index (χ3v) is 4.40. The molecule has 4 atom stereocenters. The summed E-state index contributed by atoms with van der Waals surface area (Å²) in [6, 6.07) is 8.77. The fraction of sp³-hybridized carbons (Fsp3) is 0.294. The maximum Gasteiger partial charge on any atom is 0.411 e. The molecule has 0 aliphatic carbocycles. The van der Waals surface area contributed by atoms with E-state index >= 15 is 0 Å². The van der Waals surface area contributed by atoms with E-state index in [9.17, 15) is 15.0 Å². The average Bonchev–Trinajstić information content (AvgIpc) is 3.24. The highest BCUT2D eigenvalue weighted by molar-refractivity contribution is 5.84. The van der Waals surface area contributed by atoms with E-state index in [-0.39, 0.29) is 12.4 Å².